The molecule has 0 atom stereocenters. The molecule has 1 N–H and O–H groups in total. The number of imidazole rings is 1. The van der Waals surface area contributed by atoms with Crippen LogP contribution >= 0.6 is 12.2 Å². The highest BCUT2D eigenvalue weighted by Crippen LogP contribution is 2.51. The van der Waals surface area contributed by atoms with Crippen molar-refractivity contribution in [1.29, 1.82) is 0 Å². The maximum atomic E-state index is 5.46. The van der Waals surface area contributed by atoms with Gasteiger partial charge in [-0.15, -0.1) is 0 Å². The van der Waals surface area contributed by atoms with Gasteiger partial charge in [-0.25, -0.2) is 4.98 Å². The summed E-state index contributed by atoms with van der Waals surface area (Å²) in [5.41, 5.74) is 3.82. The van der Waals surface area contributed by atoms with E-state index in [9.17, 15) is 0 Å². The van der Waals surface area contributed by atoms with E-state index < -0.39 is 0 Å². The Kier molecular flexibility index (Phi) is 2.77. The SMILES string of the molecule is CCCC1(Cn2c(=S)[nH]c3c(C)ccnc32)CC1. The number of nitrogens with zero attached hydrogens (tertiary/aromatic N) is 2. The van der Waals surface area contributed by atoms with Crippen molar-refractivity contribution < 1.29 is 0 Å². The predicted octanol–water partition coefficient (Wildman–Crippen LogP) is 3.98. The molecule has 0 bridgehead atoms. The van der Waals surface area contributed by atoms with Gasteiger partial charge in [0.2, 0.25) is 0 Å². The zero-order valence-electron chi connectivity index (χ0n) is 11.0. The first-order chi connectivity index (χ1) is 8.65. The lowest BCUT2D eigenvalue weighted by atomic mass is 10.0. The summed E-state index contributed by atoms with van der Waals surface area (Å²) in [7, 11) is 0. The summed E-state index contributed by atoms with van der Waals surface area (Å²) in [6, 6.07) is 2.02. The number of rotatable bonds is 4. The first-order valence-electron chi connectivity index (χ1n) is 6.69. The van der Waals surface area contributed by atoms with Gasteiger partial charge in [0.15, 0.2) is 10.4 Å². The van der Waals surface area contributed by atoms with E-state index in [4.69, 9.17) is 12.2 Å². The number of H-pyrrole nitrogens is 1. The number of hydrogen-bond donors (Lipinski definition) is 1. The van der Waals surface area contributed by atoms with Crippen molar-refractivity contribution >= 4 is 23.4 Å². The smallest absolute Gasteiger partial charge is 0.179 e. The van der Waals surface area contributed by atoms with Gasteiger partial charge in [-0.05, 0) is 55.4 Å². The summed E-state index contributed by atoms with van der Waals surface area (Å²) in [5.74, 6) is 0. The Bertz CT molecular complexity index is 634. The molecule has 2 heterocycles. The number of fused-ring (bicyclic) bond motifs is 1. The lowest BCUT2D eigenvalue weighted by molar-refractivity contribution is 0.390. The third-order valence-electron chi connectivity index (χ3n) is 4.10. The summed E-state index contributed by atoms with van der Waals surface area (Å²) in [5, 5.41) is 0. The van der Waals surface area contributed by atoms with Gasteiger partial charge >= 0.3 is 0 Å². The molecule has 96 valence electrons. The topological polar surface area (TPSA) is 33.6 Å². The molecule has 3 rings (SSSR count). The first kappa shape index (κ1) is 11.9. The number of aromatic nitrogens is 3. The molecule has 2 aromatic heterocycles. The van der Waals surface area contributed by atoms with Crippen LogP contribution in [0.15, 0.2) is 12.3 Å². The van der Waals surface area contributed by atoms with E-state index in [1.165, 1.54) is 31.2 Å². The van der Waals surface area contributed by atoms with Crippen LogP contribution in [0.3, 0.4) is 0 Å². The van der Waals surface area contributed by atoms with Crippen molar-refractivity contribution in [1.82, 2.24) is 14.5 Å². The zero-order chi connectivity index (χ0) is 12.8. The van der Waals surface area contributed by atoms with Crippen LogP contribution in [-0.2, 0) is 6.54 Å². The normalized spacial score (nSPS) is 17.2. The summed E-state index contributed by atoms with van der Waals surface area (Å²) < 4.78 is 3.01. The van der Waals surface area contributed by atoms with Gasteiger partial charge in [0.1, 0.15) is 0 Å². The molecule has 2 aromatic rings. The molecular formula is C14H19N3S. The molecule has 0 amide bonds. The predicted molar refractivity (Wildman–Crippen MR) is 76.2 cm³/mol. The minimum atomic E-state index is 0.494. The van der Waals surface area contributed by atoms with E-state index >= 15 is 0 Å². The van der Waals surface area contributed by atoms with Crippen molar-refractivity contribution in [2.75, 3.05) is 0 Å². The molecule has 1 aliphatic carbocycles. The number of aryl methyl sites for hydroxylation is 1. The van der Waals surface area contributed by atoms with E-state index in [0.29, 0.717) is 5.41 Å². The Morgan fingerprint density at radius 2 is 2.28 bits per heavy atom. The second-order valence-electron chi connectivity index (χ2n) is 5.59. The molecule has 1 fully saturated rings. The highest BCUT2D eigenvalue weighted by molar-refractivity contribution is 7.71. The van der Waals surface area contributed by atoms with Crippen LogP contribution in [0.5, 0.6) is 0 Å². The Labute approximate surface area is 112 Å². The van der Waals surface area contributed by atoms with E-state index in [1.54, 1.807) is 0 Å². The van der Waals surface area contributed by atoms with Crippen LogP contribution in [0.25, 0.3) is 11.2 Å². The van der Waals surface area contributed by atoms with Gasteiger partial charge in [-0.1, -0.05) is 13.3 Å². The molecule has 1 saturated carbocycles. The number of pyridine rings is 1. The largest absolute Gasteiger partial charge is 0.329 e. The molecule has 4 heteroatoms. The highest BCUT2D eigenvalue weighted by atomic mass is 32.1. The molecule has 0 aliphatic heterocycles. The quantitative estimate of drug-likeness (QED) is 0.844. The van der Waals surface area contributed by atoms with Crippen LogP contribution in [0.4, 0.5) is 0 Å². The van der Waals surface area contributed by atoms with E-state index in [2.05, 4.69) is 28.4 Å². The maximum absolute atomic E-state index is 5.46. The third-order valence-corrected chi connectivity index (χ3v) is 4.43. The van der Waals surface area contributed by atoms with Gasteiger partial charge in [-0.2, -0.15) is 0 Å². The molecule has 0 spiro atoms. The van der Waals surface area contributed by atoms with Crippen molar-refractivity contribution in [3.63, 3.8) is 0 Å². The summed E-state index contributed by atoms with van der Waals surface area (Å²) in [6.45, 7) is 5.38. The molecule has 3 nitrogen and oxygen atoms in total. The molecule has 18 heavy (non-hydrogen) atoms. The Balaban J connectivity index is 2.04. The van der Waals surface area contributed by atoms with Crippen molar-refractivity contribution in [3.05, 3.63) is 22.6 Å². The number of nitrogens with one attached hydrogen (secondary N) is 1. The van der Waals surface area contributed by atoms with Crippen molar-refractivity contribution in [2.24, 2.45) is 5.41 Å². The lowest BCUT2D eigenvalue weighted by Crippen LogP contribution is -2.12. The Hall–Kier alpha value is -1.16. The van der Waals surface area contributed by atoms with E-state index in [0.717, 1.165) is 22.5 Å². The standard InChI is InChI=1S/C14H19N3S/c1-3-5-14(6-7-14)9-17-12-11(16-13(17)18)10(2)4-8-15-12/h4,8H,3,5-7,9H2,1-2H3,(H,16,18). The van der Waals surface area contributed by atoms with Crippen molar-refractivity contribution in [2.45, 2.75) is 46.1 Å². The average molecular weight is 261 g/mol. The third kappa shape index (κ3) is 1.88. The summed E-state index contributed by atoms with van der Waals surface area (Å²) in [4.78, 5) is 7.80. The number of aromatic amines is 1. The highest BCUT2D eigenvalue weighted by Gasteiger charge is 2.42. The first-order valence-corrected chi connectivity index (χ1v) is 7.10. The lowest BCUT2D eigenvalue weighted by Gasteiger charge is -2.14. The van der Waals surface area contributed by atoms with Crippen LogP contribution in [0.2, 0.25) is 0 Å². The maximum Gasteiger partial charge on any atom is 0.179 e. The van der Waals surface area contributed by atoms with E-state index in [-0.39, 0.29) is 0 Å². The second-order valence-corrected chi connectivity index (χ2v) is 5.98. The number of hydrogen-bond acceptors (Lipinski definition) is 2. The fourth-order valence-electron chi connectivity index (χ4n) is 2.85. The fraction of sp³-hybridized carbons (Fsp3) is 0.571. The van der Waals surface area contributed by atoms with E-state index in [1.807, 2.05) is 12.3 Å². The molecular weight excluding hydrogens is 242 g/mol. The van der Waals surface area contributed by atoms with Crippen LogP contribution in [0, 0.1) is 17.1 Å². The van der Waals surface area contributed by atoms with Gasteiger partial charge in [0, 0.05) is 12.7 Å². The minimum Gasteiger partial charge on any atom is -0.329 e. The zero-order valence-corrected chi connectivity index (χ0v) is 11.8. The Morgan fingerprint density at radius 3 is 2.94 bits per heavy atom. The molecule has 0 unspecified atom stereocenters. The monoisotopic (exact) mass is 261 g/mol. The summed E-state index contributed by atoms with van der Waals surface area (Å²) in [6.07, 6.45) is 7.09. The molecule has 0 aromatic carbocycles. The molecule has 1 aliphatic rings. The molecule has 0 radical (unpaired) electrons. The van der Waals surface area contributed by atoms with Gasteiger partial charge < -0.3 is 9.55 Å². The van der Waals surface area contributed by atoms with Crippen LogP contribution in [0.1, 0.15) is 38.2 Å². The second kappa shape index (κ2) is 4.19. The Morgan fingerprint density at radius 1 is 1.50 bits per heavy atom. The fourth-order valence-corrected chi connectivity index (χ4v) is 3.10. The van der Waals surface area contributed by atoms with Gasteiger partial charge in [-0.3, -0.25) is 0 Å². The van der Waals surface area contributed by atoms with Crippen molar-refractivity contribution in [3.8, 4) is 0 Å². The molecule has 0 saturated heterocycles. The minimum absolute atomic E-state index is 0.494. The summed E-state index contributed by atoms with van der Waals surface area (Å²) >= 11 is 5.46. The van der Waals surface area contributed by atoms with Crippen LogP contribution < -0.4 is 0 Å². The average Bonchev–Trinajstić information content (AvgIpc) is 3.02. The van der Waals surface area contributed by atoms with Gasteiger partial charge in [0.25, 0.3) is 0 Å². The van der Waals surface area contributed by atoms with Crippen LogP contribution in [-0.4, -0.2) is 14.5 Å². The van der Waals surface area contributed by atoms with Gasteiger partial charge in [0.05, 0.1) is 5.52 Å².